The summed E-state index contributed by atoms with van der Waals surface area (Å²) >= 11 is 0. The van der Waals surface area contributed by atoms with E-state index in [-0.39, 0.29) is 0 Å². The number of nitrogens with zero attached hydrogens (tertiary/aromatic N) is 2. The van der Waals surface area contributed by atoms with E-state index in [4.69, 9.17) is 0 Å². The maximum Gasteiger partial charge on any atom is 0.203 e. The van der Waals surface area contributed by atoms with Crippen molar-refractivity contribution in [3.63, 3.8) is 0 Å². The molecular formula is C13H21N3. The third kappa shape index (κ3) is 2.23. The molecule has 0 aromatic carbocycles. The van der Waals surface area contributed by atoms with Crippen LogP contribution in [0, 0.1) is 12.8 Å². The van der Waals surface area contributed by atoms with Crippen molar-refractivity contribution in [3.8, 4) is 0 Å². The summed E-state index contributed by atoms with van der Waals surface area (Å²) in [6.07, 6.45) is 8.99. The third-order valence-electron chi connectivity index (χ3n) is 3.61. The van der Waals surface area contributed by atoms with Crippen molar-refractivity contribution < 1.29 is 0 Å². The fourth-order valence-corrected chi connectivity index (χ4v) is 2.32. The van der Waals surface area contributed by atoms with Gasteiger partial charge in [-0.15, -0.1) is 0 Å². The Labute approximate surface area is 97.3 Å². The molecule has 1 unspecified atom stereocenters. The number of imidazole rings is 1. The summed E-state index contributed by atoms with van der Waals surface area (Å²) in [7, 11) is 0. The summed E-state index contributed by atoms with van der Waals surface area (Å²) in [6.45, 7) is 4.40. The number of aryl methyl sites for hydroxylation is 1. The molecule has 2 aliphatic rings. The van der Waals surface area contributed by atoms with Crippen molar-refractivity contribution in [1.29, 1.82) is 0 Å². The lowest BCUT2D eigenvalue weighted by Gasteiger charge is -2.16. The van der Waals surface area contributed by atoms with Gasteiger partial charge in [-0.1, -0.05) is 12.8 Å². The van der Waals surface area contributed by atoms with Gasteiger partial charge in [0.1, 0.15) is 0 Å². The zero-order valence-electron chi connectivity index (χ0n) is 10.2. The predicted octanol–water partition coefficient (Wildman–Crippen LogP) is 3.13. The summed E-state index contributed by atoms with van der Waals surface area (Å²) in [4.78, 5) is 4.59. The monoisotopic (exact) mass is 219 g/mol. The summed E-state index contributed by atoms with van der Waals surface area (Å²) < 4.78 is 2.34. The molecule has 3 nitrogen and oxygen atoms in total. The second-order valence-corrected chi connectivity index (χ2v) is 5.56. The molecule has 3 rings (SSSR count). The van der Waals surface area contributed by atoms with E-state index >= 15 is 0 Å². The minimum atomic E-state index is 0.593. The molecule has 1 atom stereocenters. The first-order valence-electron chi connectivity index (χ1n) is 6.54. The Bertz CT molecular complexity index is 375. The lowest BCUT2D eigenvalue weighted by Crippen LogP contribution is -2.12. The first kappa shape index (κ1) is 10.2. The van der Waals surface area contributed by atoms with Crippen LogP contribution in [0.15, 0.2) is 6.20 Å². The van der Waals surface area contributed by atoms with Gasteiger partial charge >= 0.3 is 0 Å². The van der Waals surface area contributed by atoms with Crippen molar-refractivity contribution >= 4 is 5.95 Å². The topological polar surface area (TPSA) is 29.9 Å². The molecule has 0 radical (unpaired) electrons. The predicted molar refractivity (Wildman–Crippen MR) is 65.7 cm³/mol. The molecule has 2 aliphatic carbocycles. The van der Waals surface area contributed by atoms with Gasteiger partial charge < -0.3 is 9.88 Å². The zero-order chi connectivity index (χ0) is 11.1. The lowest BCUT2D eigenvalue weighted by molar-refractivity contribution is 0.480. The van der Waals surface area contributed by atoms with E-state index in [9.17, 15) is 0 Å². The standard InChI is InChI=1S/C13H21N3/c1-9-8-16(10(2)7-11-3-4-11)13(14-9)15-12-5-6-12/h8,10-12H,3-7H2,1-2H3,(H,14,15). The highest BCUT2D eigenvalue weighted by Crippen LogP contribution is 2.37. The van der Waals surface area contributed by atoms with Gasteiger partial charge in [-0.25, -0.2) is 4.98 Å². The van der Waals surface area contributed by atoms with Gasteiger partial charge in [-0.3, -0.25) is 0 Å². The average Bonchev–Trinajstić information content (AvgIpc) is 3.10. The van der Waals surface area contributed by atoms with E-state index in [1.54, 1.807) is 0 Å². The SMILES string of the molecule is Cc1cn(C(C)CC2CC2)c(NC2CC2)n1. The van der Waals surface area contributed by atoms with Gasteiger partial charge in [0, 0.05) is 18.3 Å². The summed E-state index contributed by atoms with van der Waals surface area (Å²) in [5, 5.41) is 3.53. The molecule has 2 fully saturated rings. The van der Waals surface area contributed by atoms with Crippen LogP contribution in [0.25, 0.3) is 0 Å². The number of hydrogen-bond donors (Lipinski definition) is 1. The van der Waals surface area contributed by atoms with Gasteiger partial charge in [0.25, 0.3) is 0 Å². The van der Waals surface area contributed by atoms with E-state index in [0.29, 0.717) is 12.1 Å². The van der Waals surface area contributed by atoms with Gasteiger partial charge in [0.2, 0.25) is 5.95 Å². The molecule has 1 heterocycles. The van der Waals surface area contributed by atoms with Crippen molar-refractivity contribution in [2.24, 2.45) is 5.92 Å². The highest BCUT2D eigenvalue weighted by atomic mass is 15.2. The van der Waals surface area contributed by atoms with Crippen LogP contribution in [0.3, 0.4) is 0 Å². The minimum absolute atomic E-state index is 0.593. The van der Waals surface area contributed by atoms with E-state index in [0.717, 1.165) is 17.6 Å². The Hall–Kier alpha value is -0.990. The van der Waals surface area contributed by atoms with E-state index in [1.165, 1.54) is 32.1 Å². The summed E-state index contributed by atoms with van der Waals surface area (Å²) in [6, 6.07) is 1.28. The van der Waals surface area contributed by atoms with Crippen LogP contribution < -0.4 is 5.32 Å². The maximum atomic E-state index is 4.59. The molecule has 1 N–H and O–H groups in total. The molecular weight excluding hydrogens is 198 g/mol. The molecule has 0 aliphatic heterocycles. The van der Waals surface area contributed by atoms with Crippen LogP contribution in [-0.2, 0) is 0 Å². The van der Waals surface area contributed by atoms with Crippen molar-refractivity contribution in [1.82, 2.24) is 9.55 Å². The number of nitrogens with one attached hydrogen (secondary N) is 1. The Morgan fingerprint density at radius 3 is 2.81 bits per heavy atom. The summed E-state index contributed by atoms with van der Waals surface area (Å²) in [5.41, 5.74) is 1.13. The maximum absolute atomic E-state index is 4.59. The smallest absolute Gasteiger partial charge is 0.203 e. The Kier molecular flexibility index (Phi) is 2.41. The molecule has 2 saturated carbocycles. The number of aromatic nitrogens is 2. The lowest BCUT2D eigenvalue weighted by atomic mass is 10.1. The number of hydrogen-bond acceptors (Lipinski definition) is 2. The zero-order valence-corrected chi connectivity index (χ0v) is 10.2. The fourth-order valence-electron chi connectivity index (χ4n) is 2.32. The third-order valence-corrected chi connectivity index (χ3v) is 3.61. The average molecular weight is 219 g/mol. The van der Waals surface area contributed by atoms with E-state index in [1.807, 2.05) is 0 Å². The van der Waals surface area contributed by atoms with Crippen LogP contribution in [0.5, 0.6) is 0 Å². The van der Waals surface area contributed by atoms with Crippen LogP contribution in [0.2, 0.25) is 0 Å². The summed E-state index contributed by atoms with van der Waals surface area (Å²) in [5.74, 6) is 2.07. The number of anilines is 1. The van der Waals surface area contributed by atoms with Crippen LogP contribution in [0.1, 0.15) is 50.8 Å². The fraction of sp³-hybridized carbons (Fsp3) is 0.769. The Morgan fingerprint density at radius 2 is 2.19 bits per heavy atom. The van der Waals surface area contributed by atoms with Crippen molar-refractivity contribution in [2.75, 3.05) is 5.32 Å². The second kappa shape index (κ2) is 3.79. The molecule has 88 valence electrons. The first-order valence-corrected chi connectivity index (χ1v) is 6.54. The molecule has 1 aromatic rings. The highest BCUT2D eigenvalue weighted by molar-refractivity contribution is 5.32. The van der Waals surface area contributed by atoms with Gasteiger partial charge in [-0.05, 0) is 39.0 Å². The number of rotatable bonds is 5. The van der Waals surface area contributed by atoms with Gasteiger partial charge in [0.15, 0.2) is 0 Å². The van der Waals surface area contributed by atoms with Crippen molar-refractivity contribution in [2.45, 2.75) is 58.0 Å². The van der Waals surface area contributed by atoms with Gasteiger partial charge in [-0.2, -0.15) is 0 Å². The first-order chi connectivity index (χ1) is 7.72. The van der Waals surface area contributed by atoms with Gasteiger partial charge in [0.05, 0.1) is 5.69 Å². The Morgan fingerprint density at radius 1 is 1.44 bits per heavy atom. The van der Waals surface area contributed by atoms with Crippen LogP contribution in [0.4, 0.5) is 5.95 Å². The molecule has 3 heteroatoms. The Balaban J connectivity index is 1.73. The minimum Gasteiger partial charge on any atom is -0.353 e. The normalized spacial score (nSPS) is 22.1. The molecule has 16 heavy (non-hydrogen) atoms. The largest absolute Gasteiger partial charge is 0.353 e. The van der Waals surface area contributed by atoms with E-state index in [2.05, 4.69) is 34.9 Å². The van der Waals surface area contributed by atoms with Crippen LogP contribution in [-0.4, -0.2) is 15.6 Å². The molecule has 1 aromatic heterocycles. The second-order valence-electron chi connectivity index (χ2n) is 5.56. The van der Waals surface area contributed by atoms with Crippen LogP contribution >= 0.6 is 0 Å². The molecule has 0 amide bonds. The van der Waals surface area contributed by atoms with Crippen molar-refractivity contribution in [3.05, 3.63) is 11.9 Å². The quantitative estimate of drug-likeness (QED) is 0.824. The molecule has 0 saturated heterocycles. The highest BCUT2D eigenvalue weighted by Gasteiger charge is 2.27. The van der Waals surface area contributed by atoms with E-state index < -0.39 is 0 Å². The molecule has 0 bridgehead atoms. The molecule has 0 spiro atoms.